The third kappa shape index (κ3) is 3.21. The predicted molar refractivity (Wildman–Crippen MR) is 97.9 cm³/mol. The number of hydrogen-bond donors (Lipinski definition) is 1. The van der Waals surface area contributed by atoms with Gasteiger partial charge in [-0.1, -0.05) is 18.2 Å². The zero-order chi connectivity index (χ0) is 18.8. The number of hydrogen-bond acceptors (Lipinski definition) is 4. The number of benzene rings is 2. The third-order valence-corrected chi connectivity index (χ3v) is 4.14. The van der Waals surface area contributed by atoms with Gasteiger partial charge in [0.25, 0.3) is 11.8 Å². The van der Waals surface area contributed by atoms with Crippen LogP contribution in [0.3, 0.4) is 0 Å². The van der Waals surface area contributed by atoms with Crippen molar-refractivity contribution in [2.45, 2.75) is 13.8 Å². The second kappa shape index (κ2) is 6.84. The van der Waals surface area contributed by atoms with Gasteiger partial charge in [0.1, 0.15) is 11.3 Å². The molecule has 0 bridgehead atoms. The normalized spacial score (nSPS) is 16.0. The lowest BCUT2D eigenvalue weighted by Gasteiger charge is -2.26. The van der Waals surface area contributed by atoms with Crippen LogP contribution in [-0.4, -0.2) is 25.0 Å². The number of nitrogens with one attached hydrogen (secondary N) is 1. The Morgan fingerprint density at radius 1 is 1.04 bits per heavy atom. The van der Waals surface area contributed by atoms with Crippen LogP contribution in [0.1, 0.15) is 16.7 Å². The molecule has 1 aliphatic heterocycles. The summed E-state index contributed by atoms with van der Waals surface area (Å²) in [4.78, 5) is 38.2. The number of imide groups is 2. The van der Waals surface area contributed by atoms with Crippen LogP contribution in [-0.2, 0) is 9.59 Å². The Balaban J connectivity index is 2.03. The van der Waals surface area contributed by atoms with Gasteiger partial charge in [-0.25, -0.2) is 9.69 Å². The second-order valence-electron chi connectivity index (χ2n) is 6.02. The molecule has 0 aromatic heterocycles. The molecule has 0 aliphatic carbocycles. The molecule has 2 aromatic carbocycles. The summed E-state index contributed by atoms with van der Waals surface area (Å²) in [6, 6.07) is 11.5. The van der Waals surface area contributed by atoms with E-state index in [0.717, 1.165) is 16.0 Å². The van der Waals surface area contributed by atoms with Crippen LogP contribution in [0.25, 0.3) is 6.08 Å². The first-order valence-corrected chi connectivity index (χ1v) is 8.03. The summed E-state index contributed by atoms with van der Waals surface area (Å²) >= 11 is 0. The molecular weight excluding hydrogens is 332 g/mol. The lowest BCUT2D eigenvalue weighted by Crippen LogP contribution is -2.54. The van der Waals surface area contributed by atoms with Gasteiger partial charge in [-0.3, -0.25) is 14.9 Å². The number of rotatable bonds is 3. The summed E-state index contributed by atoms with van der Waals surface area (Å²) in [6.07, 6.45) is 1.49. The van der Waals surface area contributed by atoms with E-state index in [9.17, 15) is 14.4 Å². The van der Waals surface area contributed by atoms with Crippen molar-refractivity contribution < 1.29 is 19.1 Å². The van der Waals surface area contributed by atoms with Crippen molar-refractivity contribution in [1.82, 2.24) is 5.32 Å². The highest BCUT2D eigenvalue weighted by Gasteiger charge is 2.36. The van der Waals surface area contributed by atoms with E-state index in [2.05, 4.69) is 5.32 Å². The van der Waals surface area contributed by atoms with Gasteiger partial charge >= 0.3 is 6.03 Å². The fourth-order valence-corrected chi connectivity index (χ4v) is 2.75. The molecule has 6 heteroatoms. The standard InChI is InChI=1S/C20H18N2O4/c1-12-5-4-6-15(9-12)22-19(24)17(18(23)21-20(22)25)11-14-7-8-16(26-3)10-13(14)2/h4-11H,1-3H3,(H,21,23,25). The minimum atomic E-state index is -0.755. The number of carbonyl (C=O) groups is 3. The van der Waals surface area contributed by atoms with Crippen LogP contribution >= 0.6 is 0 Å². The number of anilines is 1. The average Bonchev–Trinajstić information content (AvgIpc) is 2.59. The zero-order valence-electron chi connectivity index (χ0n) is 14.7. The highest BCUT2D eigenvalue weighted by molar-refractivity contribution is 6.39. The fraction of sp³-hybridized carbons (Fsp3) is 0.150. The predicted octanol–water partition coefficient (Wildman–Crippen LogP) is 2.98. The summed E-state index contributed by atoms with van der Waals surface area (Å²) in [5.41, 5.74) is 2.76. The van der Waals surface area contributed by atoms with E-state index in [0.29, 0.717) is 17.0 Å². The lowest BCUT2D eigenvalue weighted by molar-refractivity contribution is -0.122. The number of amides is 4. The summed E-state index contributed by atoms with van der Waals surface area (Å²) in [6.45, 7) is 3.71. The molecule has 4 amide bonds. The van der Waals surface area contributed by atoms with Crippen LogP contribution in [0.2, 0.25) is 0 Å². The first-order chi connectivity index (χ1) is 12.4. The second-order valence-corrected chi connectivity index (χ2v) is 6.02. The van der Waals surface area contributed by atoms with Crippen molar-refractivity contribution >= 4 is 29.6 Å². The Hall–Kier alpha value is -3.41. The first-order valence-electron chi connectivity index (χ1n) is 8.03. The molecule has 1 aliphatic rings. The Kier molecular flexibility index (Phi) is 4.58. The van der Waals surface area contributed by atoms with Crippen LogP contribution in [0.5, 0.6) is 5.75 Å². The molecular formula is C20H18N2O4. The first kappa shape index (κ1) is 17.4. The highest BCUT2D eigenvalue weighted by Crippen LogP contribution is 2.24. The van der Waals surface area contributed by atoms with Gasteiger partial charge in [0, 0.05) is 0 Å². The molecule has 132 valence electrons. The van der Waals surface area contributed by atoms with E-state index in [-0.39, 0.29) is 5.57 Å². The molecule has 0 unspecified atom stereocenters. The SMILES string of the molecule is COc1ccc(C=C2C(=O)NC(=O)N(c3cccc(C)c3)C2=O)c(C)c1. The van der Waals surface area contributed by atoms with Gasteiger partial charge in [-0.15, -0.1) is 0 Å². The number of carbonyl (C=O) groups excluding carboxylic acids is 3. The Morgan fingerprint density at radius 2 is 1.81 bits per heavy atom. The summed E-state index contributed by atoms with van der Waals surface area (Å²) in [5.74, 6) is -0.681. The van der Waals surface area contributed by atoms with Crippen molar-refractivity contribution in [3.8, 4) is 5.75 Å². The maximum atomic E-state index is 12.8. The van der Waals surface area contributed by atoms with Crippen molar-refractivity contribution in [2.24, 2.45) is 0 Å². The number of aryl methyl sites for hydroxylation is 2. The Bertz CT molecular complexity index is 947. The largest absolute Gasteiger partial charge is 0.497 e. The van der Waals surface area contributed by atoms with Gasteiger partial charge in [-0.05, 0) is 60.9 Å². The number of nitrogens with zero attached hydrogens (tertiary/aromatic N) is 1. The monoisotopic (exact) mass is 350 g/mol. The van der Waals surface area contributed by atoms with Crippen LogP contribution in [0.15, 0.2) is 48.0 Å². The Morgan fingerprint density at radius 3 is 2.46 bits per heavy atom. The van der Waals surface area contributed by atoms with Gasteiger partial charge in [-0.2, -0.15) is 0 Å². The average molecular weight is 350 g/mol. The van der Waals surface area contributed by atoms with Crippen molar-refractivity contribution in [3.63, 3.8) is 0 Å². The van der Waals surface area contributed by atoms with E-state index in [4.69, 9.17) is 4.74 Å². The van der Waals surface area contributed by atoms with E-state index in [1.807, 2.05) is 19.9 Å². The topological polar surface area (TPSA) is 75.7 Å². The fourth-order valence-electron chi connectivity index (χ4n) is 2.75. The van der Waals surface area contributed by atoms with E-state index in [1.54, 1.807) is 43.5 Å². The van der Waals surface area contributed by atoms with Gasteiger partial charge in [0.15, 0.2) is 0 Å². The smallest absolute Gasteiger partial charge is 0.335 e. The summed E-state index contributed by atoms with van der Waals surface area (Å²) in [5, 5.41) is 2.22. The van der Waals surface area contributed by atoms with Crippen LogP contribution < -0.4 is 15.0 Å². The number of ether oxygens (including phenoxy) is 1. The van der Waals surface area contributed by atoms with Crippen LogP contribution in [0.4, 0.5) is 10.5 Å². The molecule has 1 N–H and O–H groups in total. The zero-order valence-corrected chi connectivity index (χ0v) is 14.7. The molecule has 0 atom stereocenters. The Labute approximate surface area is 151 Å². The highest BCUT2D eigenvalue weighted by atomic mass is 16.5. The van der Waals surface area contributed by atoms with Gasteiger partial charge < -0.3 is 4.74 Å². The molecule has 1 saturated heterocycles. The van der Waals surface area contributed by atoms with Gasteiger partial charge in [0.2, 0.25) is 0 Å². The van der Waals surface area contributed by atoms with E-state index >= 15 is 0 Å². The maximum Gasteiger partial charge on any atom is 0.335 e. The molecule has 1 heterocycles. The minimum Gasteiger partial charge on any atom is -0.497 e. The molecule has 0 spiro atoms. The molecule has 3 rings (SSSR count). The molecule has 26 heavy (non-hydrogen) atoms. The molecule has 6 nitrogen and oxygen atoms in total. The van der Waals surface area contributed by atoms with Crippen molar-refractivity contribution in [2.75, 3.05) is 12.0 Å². The number of barbiturate groups is 1. The number of methoxy groups -OCH3 is 1. The third-order valence-electron chi connectivity index (χ3n) is 4.14. The lowest BCUT2D eigenvalue weighted by atomic mass is 10.0. The van der Waals surface area contributed by atoms with Crippen molar-refractivity contribution in [1.29, 1.82) is 0 Å². The van der Waals surface area contributed by atoms with Gasteiger partial charge in [0.05, 0.1) is 12.8 Å². The molecule has 0 radical (unpaired) electrons. The number of urea groups is 1. The summed E-state index contributed by atoms with van der Waals surface area (Å²) in [7, 11) is 1.57. The summed E-state index contributed by atoms with van der Waals surface area (Å²) < 4.78 is 5.16. The molecule has 0 saturated carbocycles. The molecule has 1 fully saturated rings. The molecule has 2 aromatic rings. The van der Waals surface area contributed by atoms with E-state index in [1.165, 1.54) is 6.08 Å². The quantitative estimate of drug-likeness (QED) is 0.682. The van der Waals surface area contributed by atoms with E-state index < -0.39 is 17.8 Å². The minimum absolute atomic E-state index is 0.0978. The maximum absolute atomic E-state index is 12.8. The van der Waals surface area contributed by atoms with Crippen molar-refractivity contribution in [3.05, 3.63) is 64.7 Å². The van der Waals surface area contributed by atoms with Crippen LogP contribution in [0, 0.1) is 13.8 Å².